The van der Waals surface area contributed by atoms with E-state index in [1.807, 2.05) is 40.7 Å². The van der Waals surface area contributed by atoms with Gasteiger partial charge in [-0.15, -0.1) is 0 Å². The predicted octanol–water partition coefficient (Wildman–Crippen LogP) is 0.532. The van der Waals surface area contributed by atoms with Crippen LogP contribution in [-0.4, -0.2) is 270 Å². The van der Waals surface area contributed by atoms with E-state index in [4.69, 9.17) is 75.8 Å². The van der Waals surface area contributed by atoms with Crippen LogP contribution in [-0.2, 0) is 80.6 Å². The fourth-order valence-corrected chi connectivity index (χ4v) is 17.0. The summed E-state index contributed by atoms with van der Waals surface area (Å²) in [6.45, 7) is 13.7. The monoisotopic (exact) mass is 1250 g/mol. The Morgan fingerprint density at radius 1 is 0.552 bits per heavy atom. The Labute approximate surface area is 509 Å². The van der Waals surface area contributed by atoms with Gasteiger partial charge < -0.3 is 122 Å². The fourth-order valence-electron chi connectivity index (χ4n) is 17.0. The number of carbonyl (C=O) groups is 1. The number of aliphatic hydroxyl groups is 9. The predicted molar refractivity (Wildman–Crippen MR) is 299 cm³/mol. The quantitative estimate of drug-likeness (QED) is 0.0846. The Hall–Kier alpha value is -1.59. The molecule has 0 aromatic carbocycles. The molecule has 6 saturated heterocycles. The first-order valence-corrected chi connectivity index (χ1v) is 31.5. The standard InChI is InChI=1S/C61H100O26/c1-26(63)34-18-43(66)61(71)59(34,8)42(65)24-41-58(7)15-14-33(17-32(58)13-16-60(41,61)70)81-44-19-35(64)52(27(2)76-44)83-45-20-36(72-9)53(28(3)77-45)84-46-21-37(73-10)54(29(4)78-46)85-47-22-38(74-11)55(30(5)79-47)86-48-23-39(75-12)56(31(6)80-48)87-57-51(69)50(68)49(67)40(25-62)82-57/h13,27-31,33-57,62,64-71H,14-25H2,1-12H3. The molecule has 34 unspecified atom stereocenters. The van der Waals surface area contributed by atoms with Crippen LogP contribution >= 0.6 is 0 Å². The summed E-state index contributed by atoms with van der Waals surface area (Å²) in [4.78, 5) is 12.8. The zero-order valence-corrected chi connectivity index (χ0v) is 52.3. The minimum Gasteiger partial charge on any atom is -0.394 e. The van der Waals surface area contributed by atoms with Gasteiger partial charge in [-0.1, -0.05) is 25.5 Å². The Balaban J connectivity index is 0.679. The SMILES string of the molecule is COC1CC(OC2C(O)CC(OC3CCC4(C)C(=CCC5(O)C4CC(O)C4(C)C(C(C)=O)CC(O)C54O)C3)OC2C)OC(C)C1OC1CC(OC)C(OC2CC(OC)C(OC3CC(OC)C(OC4OC(CO)C(O)C(O)C4O)C(C)O3)C(C)O2)C(C)O1. The summed E-state index contributed by atoms with van der Waals surface area (Å²) in [5, 5.41) is 101. The summed E-state index contributed by atoms with van der Waals surface area (Å²) in [6.07, 6.45) is -17.9. The summed E-state index contributed by atoms with van der Waals surface area (Å²) >= 11 is 0. The topological polar surface area (TPSA) is 347 Å². The van der Waals surface area contributed by atoms with E-state index in [9.17, 15) is 50.8 Å². The molecule has 9 fully saturated rings. The van der Waals surface area contributed by atoms with E-state index in [-0.39, 0.29) is 50.4 Å². The number of hydrogen-bond donors (Lipinski definition) is 9. The van der Waals surface area contributed by atoms with E-state index >= 15 is 0 Å². The van der Waals surface area contributed by atoms with E-state index in [0.29, 0.717) is 32.1 Å². The highest BCUT2D eigenvalue weighted by Crippen LogP contribution is 2.69. The van der Waals surface area contributed by atoms with Gasteiger partial charge in [0.15, 0.2) is 37.7 Å². The van der Waals surface area contributed by atoms with Crippen LogP contribution < -0.4 is 0 Å². The number of ether oxygens (including phenoxy) is 16. The lowest BCUT2D eigenvalue weighted by molar-refractivity contribution is -0.359. The molecule has 0 amide bonds. The molecule has 0 bridgehead atoms. The second kappa shape index (κ2) is 27.0. The second-order valence-electron chi connectivity index (χ2n) is 26.9. The van der Waals surface area contributed by atoms with Crippen molar-refractivity contribution in [2.45, 2.75) is 309 Å². The zero-order chi connectivity index (χ0) is 63.0. The first-order chi connectivity index (χ1) is 41.2. The number of carbonyl (C=O) groups excluding carboxylic acids is 1. The van der Waals surface area contributed by atoms with Crippen molar-refractivity contribution in [2.24, 2.45) is 22.7 Å². The summed E-state index contributed by atoms with van der Waals surface area (Å²) in [5.74, 6) is -1.63. The Morgan fingerprint density at radius 2 is 0.989 bits per heavy atom. The van der Waals surface area contributed by atoms with Gasteiger partial charge >= 0.3 is 0 Å². The third-order valence-electron chi connectivity index (χ3n) is 22.0. The van der Waals surface area contributed by atoms with Gasteiger partial charge in [0.05, 0.1) is 86.0 Å². The normalized spacial score (nSPS) is 53.8. The molecule has 0 aromatic heterocycles. The number of Topliss-reactive ketones (excluding diaryl/α,β-unsaturated/α-hetero) is 1. The first kappa shape index (κ1) is 68.3. The summed E-state index contributed by atoms with van der Waals surface area (Å²) in [7, 11) is 6.29. The van der Waals surface area contributed by atoms with Crippen LogP contribution in [0.5, 0.6) is 0 Å². The highest BCUT2D eigenvalue weighted by molar-refractivity contribution is 5.80. The van der Waals surface area contributed by atoms with E-state index in [0.717, 1.165) is 5.57 Å². The minimum absolute atomic E-state index is 0.0319. The molecule has 26 heteroatoms. The third kappa shape index (κ3) is 12.5. The molecule has 0 radical (unpaired) electrons. The van der Waals surface area contributed by atoms with Crippen molar-refractivity contribution in [3.63, 3.8) is 0 Å². The molecule has 9 N–H and O–H groups in total. The van der Waals surface area contributed by atoms with Crippen molar-refractivity contribution in [3.8, 4) is 0 Å². The van der Waals surface area contributed by atoms with Crippen molar-refractivity contribution < 1.29 is 127 Å². The third-order valence-corrected chi connectivity index (χ3v) is 22.0. The maximum absolute atomic E-state index is 12.8. The summed E-state index contributed by atoms with van der Waals surface area (Å²) in [6, 6.07) is 0. The molecule has 4 aliphatic carbocycles. The van der Waals surface area contributed by atoms with E-state index in [2.05, 4.69) is 0 Å². The highest BCUT2D eigenvalue weighted by Gasteiger charge is 2.79. The van der Waals surface area contributed by atoms with Gasteiger partial charge in [-0.2, -0.15) is 0 Å². The largest absolute Gasteiger partial charge is 0.394 e. The first-order valence-electron chi connectivity index (χ1n) is 31.5. The lowest BCUT2D eigenvalue weighted by Gasteiger charge is -2.66. The maximum Gasteiger partial charge on any atom is 0.187 e. The lowest BCUT2D eigenvalue weighted by atomic mass is 9.42. The number of methoxy groups -OCH3 is 4. The molecule has 6 aliphatic heterocycles. The van der Waals surface area contributed by atoms with Crippen molar-refractivity contribution in [1.29, 1.82) is 0 Å². The van der Waals surface area contributed by atoms with Crippen molar-refractivity contribution >= 4 is 5.78 Å². The van der Waals surface area contributed by atoms with Crippen LogP contribution in [0.1, 0.15) is 126 Å². The minimum atomic E-state index is -2.10. The van der Waals surface area contributed by atoms with Gasteiger partial charge in [-0.05, 0) is 85.5 Å². The van der Waals surface area contributed by atoms with Crippen molar-refractivity contribution in [1.82, 2.24) is 0 Å². The molecule has 10 rings (SSSR count). The zero-order valence-electron chi connectivity index (χ0n) is 52.3. The Kier molecular flexibility index (Phi) is 21.2. The molecular formula is C61H100O26. The van der Waals surface area contributed by atoms with E-state index < -0.39 is 206 Å². The van der Waals surface area contributed by atoms with Gasteiger partial charge in [-0.3, -0.25) is 4.79 Å². The van der Waals surface area contributed by atoms with Crippen molar-refractivity contribution in [3.05, 3.63) is 11.6 Å². The van der Waals surface area contributed by atoms with Gasteiger partial charge in [0, 0.05) is 77.8 Å². The van der Waals surface area contributed by atoms with Crippen LogP contribution in [0.4, 0.5) is 0 Å². The van der Waals surface area contributed by atoms with Gasteiger partial charge in [0.1, 0.15) is 71.9 Å². The number of ketones is 1. The molecular weight excluding hydrogens is 1150 g/mol. The molecule has 6 heterocycles. The van der Waals surface area contributed by atoms with Gasteiger partial charge in [0.2, 0.25) is 0 Å². The molecule has 34 atom stereocenters. The molecule has 3 saturated carbocycles. The van der Waals surface area contributed by atoms with E-state index in [1.165, 1.54) is 14.0 Å². The lowest BCUT2D eigenvalue weighted by Crippen LogP contribution is -2.78. The van der Waals surface area contributed by atoms with Gasteiger partial charge in [-0.25, -0.2) is 0 Å². The molecule has 0 aromatic rings. The average molecular weight is 1250 g/mol. The number of aliphatic hydroxyl groups excluding tert-OH is 7. The smallest absolute Gasteiger partial charge is 0.187 e. The second-order valence-corrected chi connectivity index (χ2v) is 26.9. The highest BCUT2D eigenvalue weighted by atomic mass is 16.8. The summed E-state index contributed by atoms with van der Waals surface area (Å²) in [5.41, 5.74) is -4.89. The average Bonchev–Trinajstić information content (AvgIpc) is 1.62. The number of rotatable bonds is 18. The van der Waals surface area contributed by atoms with Crippen LogP contribution in [0, 0.1) is 22.7 Å². The Bertz CT molecular complexity index is 2330. The molecule has 10 aliphatic rings. The number of fused-ring (bicyclic) bond motifs is 5. The molecule has 26 nitrogen and oxygen atoms in total. The van der Waals surface area contributed by atoms with Crippen LogP contribution in [0.25, 0.3) is 0 Å². The molecule has 87 heavy (non-hydrogen) atoms. The number of hydrogen-bond acceptors (Lipinski definition) is 26. The van der Waals surface area contributed by atoms with E-state index in [1.54, 1.807) is 35.2 Å². The maximum atomic E-state index is 12.8. The van der Waals surface area contributed by atoms with Crippen LogP contribution in [0.15, 0.2) is 11.6 Å². The van der Waals surface area contributed by atoms with Crippen LogP contribution in [0.3, 0.4) is 0 Å². The Morgan fingerprint density at radius 3 is 1.43 bits per heavy atom. The fraction of sp³-hybridized carbons (Fsp3) is 0.951. The molecule has 0 spiro atoms. The van der Waals surface area contributed by atoms with Crippen molar-refractivity contribution in [2.75, 3.05) is 35.0 Å². The molecule has 500 valence electrons. The van der Waals surface area contributed by atoms with Crippen LogP contribution in [0.2, 0.25) is 0 Å². The van der Waals surface area contributed by atoms with Gasteiger partial charge in [0.25, 0.3) is 0 Å². The summed E-state index contributed by atoms with van der Waals surface area (Å²) < 4.78 is 100.